The van der Waals surface area contributed by atoms with Crippen LogP contribution < -0.4 is 0 Å². The first kappa shape index (κ1) is 101. The van der Waals surface area contributed by atoms with E-state index in [1.165, 1.54) is 173 Å². The van der Waals surface area contributed by atoms with Gasteiger partial charge in [-0.25, -0.2) is 0 Å². The molecule has 0 heterocycles. The Morgan fingerprint density at radius 1 is 0.303 bits per heavy atom. The van der Waals surface area contributed by atoms with Crippen LogP contribution in [-0.4, -0.2) is 0 Å². The van der Waals surface area contributed by atoms with Crippen molar-refractivity contribution in [1.82, 2.24) is 0 Å². The zero-order valence-electron chi connectivity index (χ0n) is 84.4. The molecule has 109 heavy (non-hydrogen) atoms. The van der Waals surface area contributed by atoms with E-state index in [1.807, 2.05) is 0 Å². The van der Waals surface area contributed by atoms with E-state index >= 15 is 0 Å². The van der Waals surface area contributed by atoms with Crippen molar-refractivity contribution in [2.45, 2.75) is 510 Å². The molecule has 13 saturated carbocycles. The molecule has 10 atom stereocenters. The fourth-order valence-electron chi connectivity index (χ4n) is 32.0. The van der Waals surface area contributed by atoms with Crippen LogP contribution in [0.5, 0.6) is 0 Å². The first-order valence-electron chi connectivity index (χ1n) is 48.9. The van der Waals surface area contributed by atoms with Crippen LogP contribution in [0.1, 0.15) is 510 Å². The zero-order chi connectivity index (χ0) is 84.4. The van der Waals surface area contributed by atoms with Crippen LogP contribution >= 0.6 is 0 Å². The van der Waals surface area contributed by atoms with Gasteiger partial charge in [0.25, 0.3) is 0 Å². The zero-order valence-corrected chi connectivity index (χ0v) is 84.4. The maximum Gasteiger partial charge on any atom is -0.0288 e. The summed E-state index contributed by atoms with van der Waals surface area (Å²) in [5.74, 6) is 16.4. The van der Waals surface area contributed by atoms with E-state index in [4.69, 9.17) is 0 Å². The molecule has 0 amide bonds. The third kappa shape index (κ3) is 28.6. The van der Waals surface area contributed by atoms with Gasteiger partial charge >= 0.3 is 0 Å². The molecule has 0 aliphatic heterocycles. The fraction of sp³-hybridized carbons (Fsp3) is 1.00. The Labute approximate surface area is 692 Å². The lowest BCUT2D eigenvalue weighted by Gasteiger charge is -2.49. The quantitative estimate of drug-likeness (QED) is 0.249. The molecule has 13 aliphatic carbocycles. The second-order valence-corrected chi connectivity index (χ2v) is 55.4. The summed E-state index contributed by atoms with van der Waals surface area (Å²) in [6.45, 7) is 106. The molecule has 648 valence electrons. The lowest BCUT2D eigenvalue weighted by molar-refractivity contribution is 0.0202. The lowest BCUT2D eigenvalue weighted by atomic mass is 9.56. The standard InChI is InChI=1S/4C12H24.3C11H22.C10H18.2C9H16/c1-10(2)7-11(3,4)9-12(5,6)8-10;1-9(2)10-11(3,4)7-8-12(10,5)6;1-7-12(6)8-10(2,3)11(4,5)9-12;1-6-10-7-11(2,3)9-12(4,5)8-10;1-9-6-10(2,3)8-11(4,5)7-9;1-6-9-7-10(2,3)11(4,5)8-9;1-6-9-10(2,3)7-8-11(9,4)5;1-7-8-4-5-9(6-8)10(7,2)3;1-6-7(2)9-4-3-8(6)5-9;1-2-8-5-7-3-4-9(8)6-7/h7-9H2,1-6H3;9-10H,7-8H2,1-6H3;7-9H2,1-6H3;10H,6-9H2,1-5H3;3*9H,6-8H2,1-5H3;7-9H,4-6H2,1-3H3;6-9H,3-5H2,1-2H3;7-9H,2-6H2,1H3/t;;;;;;;7-,8?,9?;6-,7?,8?,9?;/m.......10./s1. The van der Waals surface area contributed by atoms with E-state index in [1.54, 1.807) is 32.1 Å². The molecule has 13 aliphatic rings. The second-order valence-electron chi connectivity index (χ2n) is 55.4. The van der Waals surface area contributed by atoms with Crippen LogP contribution in [0.4, 0.5) is 0 Å². The summed E-state index contributed by atoms with van der Waals surface area (Å²) < 4.78 is 0. The highest BCUT2D eigenvalue weighted by Gasteiger charge is 2.54. The Morgan fingerprint density at radius 2 is 0.651 bits per heavy atom. The normalized spacial score (nSPS) is 35.3. The summed E-state index contributed by atoms with van der Waals surface area (Å²) >= 11 is 0. The van der Waals surface area contributed by atoms with E-state index in [9.17, 15) is 0 Å². The van der Waals surface area contributed by atoms with E-state index < -0.39 is 0 Å². The number of rotatable bonds is 6. The molecule has 0 heteroatoms. The molecule has 0 aromatic rings. The van der Waals surface area contributed by atoms with Crippen molar-refractivity contribution in [2.75, 3.05) is 0 Å². The average molecular weight is 1520 g/mol. The molecule has 8 unspecified atom stereocenters. The van der Waals surface area contributed by atoms with Gasteiger partial charge in [-0.1, -0.05) is 343 Å². The van der Waals surface area contributed by atoms with E-state index in [2.05, 4.69) is 305 Å². The second kappa shape index (κ2) is 37.3. The van der Waals surface area contributed by atoms with Gasteiger partial charge in [-0.15, -0.1) is 0 Å². The Balaban J connectivity index is 0.000000256. The molecule has 0 radical (unpaired) electrons. The molecule has 0 N–H and O–H groups in total. The Morgan fingerprint density at radius 3 is 0.872 bits per heavy atom. The molecule has 0 aromatic heterocycles. The molecule has 13 rings (SSSR count). The van der Waals surface area contributed by atoms with Gasteiger partial charge in [-0.05, 0) is 354 Å². The van der Waals surface area contributed by atoms with Crippen LogP contribution in [0.15, 0.2) is 0 Å². The van der Waals surface area contributed by atoms with E-state index in [0.29, 0.717) is 92.1 Å². The molecular formula is C109H212. The number of hydrogen-bond donors (Lipinski definition) is 0. The summed E-state index contributed by atoms with van der Waals surface area (Å²) in [5.41, 5.74) is 9.76. The van der Waals surface area contributed by atoms with Crippen LogP contribution in [-0.2, 0) is 0 Å². The highest BCUT2D eigenvalue weighted by Crippen LogP contribution is 2.64. The molecule has 0 aromatic carbocycles. The predicted molar refractivity (Wildman–Crippen MR) is 495 cm³/mol. The molecular weight excluding hydrogens is 1310 g/mol. The first-order valence-corrected chi connectivity index (χ1v) is 48.9. The van der Waals surface area contributed by atoms with Crippen molar-refractivity contribution < 1.29 is 0 Å². The van der Waals surface area contributed by atoms with Gasteiger partial charge in [0.05, 0.1) is 0 Å². The Kier molecular flexibility index (Phi) is 34.7. The Bertz CT molecular complexity index is 2500. The van der Waals surface area contributed by atoms with E-state index in [0.717, 1.165) is 94.7 Å². The molecule has 0 saturated heterocycles. The highest BCUT2D eigenvalue weighted by molar-refractivity contribution is 5.04. The monoisotopic (exact) mass is 1520 g/mol. The summed E-state index contributed by atoms with van der Waals surface area (Å²) in [7, 11) is 0. The van der Waals surface area contributed by atoms with Gasteiger partial charge in [0.2, 0.25) is 0 Å². The predicted octanol–water partition coefficient (Wildman–Crippen LogP) is 37.0. The lowest BCUT2D eigenvalue weighted by Crippen LogP contribution is -2.38. The van der Waals surface area contributed by atoms with Gasteiger partial charge in [0.15, 0.2) is 0 Å². The summed E-state index contributed by atoms with van der Waals surface area (Å²) in [4.78, 5) is 0. The van der Waals surface area contributed by atoms with Crippen LogP contribution in [0.25, 0.3) is 0 Å². The minimum Gasteiger partial charge on any atom is -0.0651 e. The van der Waals surface area contributed by atoms with Crippen LogP contribution in [0.3, 0.4) is 0 Å². The largest absolute Gasteiger partial charge is 0.0651 e. The van der Waals surface area contributed by atoms with E-state index in [-0.39, 0.29) is 0 Å². The maximum absolute atomic E-state index is 2.46. The topological polar surface area (TPSA) is 0 Å². The molecule has 13 fully saturated rings. The van der Waals surface area contributed by atoms with Gasteiger partial charge in [-0.3, -0.25) is 0 Å². The van der Waals surface area contributed by atoms with Crippen molar-refractivity contribution in [3.8, 4) is 0 Å². The number of fused-ring (bicyclic) bond motifs is 6. The third-order valence-corrected chi connectivity index (χ3v) is 36.4. The number of hydrogen-bond acceptors (Lipinski definition) is 0. The van der Waals surface area contributed by atoms with Crippen molar-refractivity contribution in [1.29, 1.82) is 0 Å². The smallest absolute Gasteiger partial charge is 0.0288 e. The summed E-state index contributed by atoms with van der Waals surface area (Å²) in [6.07, 6.45) is 46.2. The van der Waals surface area contributed by atoms with Crippen LogP contribution in [0.2, 0.25) is 0 Å². The van der Waals surface area contributed by atoms with Crippen molar-refractivity contribution in [3.05, 3.63) is 0 Å². The maximum atomic E-state index is 2.46. The van der Waals surface area contributed by atoms with Crippen molar-refractivity contribution >= 4 is 0 Å². The minimum absolute atomic E-state index is 0.526. The molecule has 6 bridgehead atoms. The third-order valence-electron chi connectivity index (χ3n) is 36.4. The van der Waals surface area contributed by atoms with Gasteiger partial charge < -0.3 is 0 Å². The van der Waals surface area contributed by atoms with Gasteiger partial charge in [0.1, 0.15) is 0 Å². The first-order chi connectivity index (χ1) is 48.9. The highest BCUT2D eigenvalue weighted by atomic mass is 14.6. The van der Waals surface area contributed by atoms with Gasteiger partial charge in [-0.2, -0.15) is 0 Å². The average Bonchev–Trinajstić information content (AvgIpc) is 1.21. The molecule has 0 nitrogen and oxygen atoms in total. The SMILES string of the molecule is CC(C)C1C(C)(C)CCC1(C)C.CC1(C)CC(C)(C)CC(C)(C)C1.CC1C2CCC(C2)[C@H]1C.CC1CC(C)(C)CC(C)(C)C1.CCC1(C)CC(C)(C)C(C)(C)C1.CCC1C(C)(C)CCC1(C)C.CCC1CC(C)(C)C(C)(C)C1.CCC1CC(C)(C)CC(C)(C)C1.CCC1CC2CCC1C2.C[C@@H]1C2CCC(C2)C1(C)C. The van der Waals surface area contributed by atoms with Crippen molar-refractivity contribution in [3.63, 3.8) is 0 Å². The van der Waals surface area contributed by atoms with Gasteiger partial charge in [0, 0.05) is 0 Å². The van der Waals surface area contributed by atoms with Crippen molar-refractivity contribution in [2.24, 2.45) is 187 Å². The minimum atomic E-state index is 0.526. The van der Waals surface area contributed by atoms with Crippen LogP contribution in [0, 0.1) is 187 Å². The fourth-order valence-corrected chi connectivity index (χ4v) is 32.0. The molecule has 0 spiro atoms. The summed E-state index contributed by atoms with van der Waals surface area (Å²) in [5, 5.41) is 0. The summed E-state index contributed by atoms with van der Waals surface area (Å²) in [6, 6.07) is 0. The Hall–Kier alpha value is 0.